The van der Waals surface area contributed by atoms with E-state index >= 15 is 0 Å². The van der Waals surface area contributed by atoms with Crippen LogP contribution in [0.4, 0.5) is 0 Å². The fourth-order valence-electron chi connectivity index (χ4n) is 2.57. The van der Waals surface area contributed by atoms with Gasteiger partial charge in [0.25, 0.3) is 10.1 Å². The van der Waals surface area contributed by atoms with Crippen LogP contribution in [0.3, 0.4) is 0 Å². The number of hydrogen-bond acceptors (Lipinski definition) is 4. The average Bonchev–Trinajstić information content (AvgIpc) is 2.17. The highest BCUT2D eigenvalue weighted by Crippen LogP contribution is 2.42. The van der Waals surface area contributed by atoms with Gasteiger partial charge in [-0.25, -0.2) is 0 Å². The predicted octanol–water partition coefficient (Wildman–Crippen LogP) is 1.69. The summed E-state index contributed by atoms with van der Waals surface area (Å²) in [5.41, 5.74) is 0.109. The van der Waals surface area contributed by atoms with Crippen LogP contribution < -0.4 is 0 Å². The fraction of sp³-hybridized carbons (Fsp3) is 1.00. The molecule has 0 aliphatic heterocycles. The second-order valence-corrected chi connectivity index (χ2v) is 6.45. The molecular formula is C11H22O4S. The van der Waals surface area contributed by atoms with Gasteiger partial charge in [0.05, 0.1) is 12.9 Å². The summed E-state index contributed by atoms with van der Waals surface area (Å²) in [4.78, 5) is 0. The maximum absolute atomic E-state index is 10.9. The minimum atomic E-state index is -3.33. The summed E-state index contributed by atoms with van der Waals surface area (Å²) in [6.45, 7) is 0.428. The Balaban J connectivity index is 2.44. The number of rotatable bonds is 6. The molecule has 0 bridgehead atoms. The molecule has 1 saturated carbocycles. The standard InChI is InChI=1S/C11H22O4S/c1-16(13,14)15-10-8-11(7-9-12)5-3-2-4-6-11/h12H,2-10H2,1H3. The van der Waals surface area contributed by atoms with Crippen LogP contribution in [-0.2, 0) is 14.3 Å². The Labute approximate surface area is 98.1 Å². The van der Waals surface area contributed by atoms with Gasteiger partial charge in [0.1, 0.15) is 0 Å². The molecule has 4 nitrogen and oxygen atoms in total. The summed E-state index contributed by atoms with van der Waals surface area (Å²) >= 11 is 0. The van der Waals surface area contributed by atoms with Crippen molar-refractivity contribution in [3.05, 3.63) is 0 Å². The van der Waals surface area contributed by atoms with E-state index in [1.165, 1.54) is 19.3 Å². The maximum atomic E-state index is 10.9. The van der Waals surface area contributed by atoms with Gasteiger partial charge < -0.3 is 5.11 Å². The van der Waals surface area contributed by atoms with Crippen molar-refractivity contribution in [3.63, 3.8) is 0 Å². The highest BCUT2D eigenvalue weighted by Gasteiger charge is 2.31. The van der Waals surface area contributed by atoms with Crippen LogP contribution in [0.2, 0.25) is 0 Å². The molecule has 0 aromatic rings. The second-order valence-electron chi connectivity index (χ2n) is 4.81. The van der Waals surface area contributed by atoms with Gasteiger partial charge >= 0.3 is 0 Å². The quantitative estimate of drug-likeness (QED) is 0.729. The van der Waals surface area contributed by atoms with Gasteiger partial charge in [-0.2, -0.15) is 8.42 Å². The zero-order valence-electron chi connectivity index (χ0n) is 9.94. The van der Waals surface area contributed by atoms with Crippen LogP contribution in [0.5, 0.6) is 0 Å². The minimum Gasteiger partial charge on any atom is -0.396 e. The first-order valence-electron chi connectivity index (χ1n) is 5.93. The van der Waals surface area contributed by atoms with E-state index in [2.05, 4.69) is 0 Å². The molecule has 0 atom stereocenters. The first-order chi connectivity index (χ1) is 7.47. The molecule has 0 saturated heterocycles. The van der Waals surface area contributed by atoms with Crippen LogP contribution in [0.25, 0.3) is 0 Å². The van der Waals surface area contributed by atoms with Crippen molar-refractivity contribution < 1.29 is 17.7 Å². The molecule has 0 radical (unpaired) electrons. The van der Waals surface area contributed by atoms with Gasteiger partial charge in [0, 0.05) is 6.61 Å². The van der Waals surface area contributed by atoms with Gasteiger partial charge in [-0.3, -0.25) is 4.18 Å². The monoisotopic (exact) mass is 250 g/mol. The first kappa shape index (κ1) is 13.9. The van der Waals surface area contributed by atoms with Crippen LogP contribution in [-0.4, -0.2) is 33.0 Å². The van der Waals surface area contributed by atoms with Gasteiger partial charge in [-0.15, -0.1) is 0 Å². The van der Waals surface area contributed by atoms with E-state index in [1.807, 2.05) is 0 Å². The van der Waals surface area contributed by atoms with Crippen molar-refractivity contribution in [2.24, 2.45) is 5.41 Å². The molecule has 1 aliphatic carbocycles. The molecule has 96 valence electrons. The molecule has 0 spiro atoms. The number of aliphatic hydroxyl groups excluding tert-OH is 1. The molecule has 1 aliphatic rings. The van der Waals surface area contributed by atoms with Crippen molar-refractivity contribution in [2.75, 3.05) is 19.5 Å². The van der Waals surface area contributed by atoms with E-state index in [0.717, 1.165) is 31.9 Å². The topological polar surface area (TPSA) is 63.6 Å². The summed E-state index contributed by atoms with van der Waals surface area (Å²) in [6.07, 6.45) is 8.35. The molecule has 0 aromatic carbocycles. The molecule has 5 heteroatoms. The van der Waals surface area contributed by atoms with E-state index in [9.17, 15) is 8.42 Å². The molecule has 1 N–H and O–H groups in total. The van der Waals surface area contributed by atoms with Gasteiger partial charge in [0.15, 0.2) is 0 Å². The van der Waals surface area contributed by atoms with Crippen LogP contribution in [0.15, 0.2) is 0 Å². The Morgan fingerprint density at radius 1 is 1.19 bits per heavy atom. The summed E-state index contributed by atoms with van der Waals surface area (Å²) in [5, 5.41) is 9.08. The van der Waals surface area contributed by atoms with Gasteiger partial charge in [0.2, 0.25) is 0 Å². The van der Waals surface area contributed by atoms with E-state index in [1.54, 1.807) is 0 Å². The third-order valence-corrected chi connectivity index (χ3v) is 4.08. The Bertz CT molecular complexity index is 286. The summed E-state index contributed by atoms with van der Waals surface area (Å²) in [6, 6.07) is 0. The van der Waals surface area contributed by atoms with Gasteiger partial charge in [-0.1, -0.05) is 19.3 Å². The molecule has 1 fully saturated rings. The SMILES string of the molecule is CS(=O)(=O)OCCC1(CCO)CCCCC1. The molecule has 0 unspecified atom stereocenters. The van der Waals surface area contributed by atoms with E-state index in [-0.39, 0.29) is 18.6 Å². The van der Waals surface area contributed by atoms with Crippen molar-refractivity contribution in [2.45, 2.75) is 44.9 Å². The van der Waals surface area contributed by atoms with Crippen LogP contribution in [0, 0.1) is 5.41 Å². The Morgan fingerprint density at radius 2 is 1.81 bits per heavy atom. The lowest BCUT2D eigenvalue weighted by atomic mass is 9.70. The number of aliphatic hydroxyl groups is 1. The highest BCUT2D eigenvalue weighted by molar-refractivity contribution is 7.85. The minimum absolute atomic E-state index is 0.109. The zero-order valence-corrected chi connectivity index (χ0v) is 10.8. The third-order valence-electron chi connectivity index (χ3n) is 3.49. The van der Waals surface area contributed by atoms with E-state index in [4.69, 9.17) is 9.29 Å². The fourth-order valence-corrected chi connectivity index (χ4v) is 2.96. The van der Waals surface area contributed by atoms with Crippen molar-refractivity contribution >= 4 is 10.1 Å². The van der Waals surface area contributed by atoms with Crippen molar-refractivity contribution in [1.82, 2.24) is 0 Å². The summed E-state index contributed by atoms with van der Waals surface area (Å²) in [5.74, 6) is 0. The van der Waals surface area contributed by atoms with Crippen molar-refractivity contribution in [3.8, 4) is 0 Å². The lowest BCUT2D eigenvalue weighted by Gasteiger charge is -2.36. The summed E-state index contributed by atoms with van der Waals surface area (Å²) in [7, 11) is -3.33. The van der Waals surface area contributed by atoms with Crippen molar-refractivity contribution in [1.29, 1.82) is 0 Å². The Hall–Kier alpha value is -0.130. The molecular weight excluding hydrogens is 228 g/mol. The molecule has 0 amide bonds. The molecule has 0 heterocycles. The van der Waals surface area contributed by atoms with E-state index in [0.29, 0.717) is 0 Å². The predicted molar refractivity (Wildman–Crippen MR) is 62.6 cm³/mol. The highest BCUT2D eigenvalue weighted by atomic mass is 32.2. The average molecular weight is 250 g/mol. The zero-order chi connectivity index (χ0) is 12.1. The molecule has 1 rings (SSSR count). The normalized spacial score (nSPS) is 20.9. The Morgan fingerprint density at radius 3 is 2.31 bits per heavy atom. The molecule has 16 heavy (non-hydrogen) atoms. The second kappa shape index (κ2) is 5.98. The lowest BCUT2D eigenvalue weighted by Crippen LogP contribution is -2.27. The van der Waals surface area contributed by atoms with E-state index < -0.39 is 10.1 Å². The van der Waals surface area contributed by atoms with Crippen LogP contribution >= 0.6 is 0 Å². The lowest BCUT2D eigenvalue weighted by molar-refractivity contribution is 0.0991. The first-order valence-corrected chi connectivity index (χ1v) is 7.74. The van der Waals surface area contributed by atoms with Crippen LogP contribution in [0.1, 0.15) is 44.9 Å². The number of hydrogen-bond donors (Lipinski definition) is 1. The molecule has 0 aromatic heterocycles. The van der Waals surface area contributed by atoms with Gasteiger partial charge in [-0.05, 0) is 31.1 Å². The third kappa shape index (κ3) is 4.80. The maximum Gasteiger partial charge on any atom is 0.264 e. The smallest absolute Gasteiger partial charge is 0.264 e. The largest absolute Gasteiger partial charge is 0.396 e. The Kier molecular flexibility index (Phi) is 5.21. The summed E-state index contributed by atoms with van der Waals surface area (Å²) < 4.78 is 26.5.